The molecule has 2 nitrogen and oxygen atoms in total. The smallest absolute Gasteiger partial charge is 0.00390 e. The Labute approximate surface area is 95.4 Å². The highest BCUT2D eigenvalue weighted by molar-refractivity contribution is 4.84. The molecule has 0 aromatic heterocycles. The minimum absolute atomic E-state index is 0.546. The van der Waals surface area contributed by atoms with E-state index in [-0.39, 0.29) is 0 Å². The van der Waals surface area contributed by atoms with Crippen LogP contribution in [-0.4, -0.2) is 37.1 Å². The highest BCUT2D eigenvalue weighted by Crippen LogP contribution is 2.29. The Morgan fingerprint density at radius 1 is 1.27 bits per heavy atom. The maximum Gasteiger partial charge on any atom is 0.00390 e. The molecule has 1 aliphatic heterocycles. The van der Waals surface area contributed by atoms with E-state index in [9.17, 15) is 0 Å². The summed E-state index contributed by atoms with van der Waals surface area (Å²) >= 11 is 0. The van der Waals surface area contributed by atoms with Crippen molar-refractivity contribution in [3.8, 4) is 0 Å². The normalized spacial score (nSPS) is 21.2. The van der Waals surface area contributed by atoms with Gasteiger partial charge in [-0.15, -0.1) is 0 Å². The summed E-state index contributed by atoms with van der Waals surface area (Å²) in [5.74, 6) is 0. The molecule has 0 spiro atoms. The first-order chi connectivity index (χ1) is 7.07. The van der Waals surface area contributed by atoms with E-state index in [2.05, 4.69) is 37.9 Å². The van der Waals surface area contributed by atoms with E-state index in [1.807, 2.05) is 0 Å². The standard InChI is InChI=1S/C13H28N2/c1-5-10-15(12(2)3)11-13(4)6-8-14-9-7-13/h12,14H,5-11H2,1-4H3. The van der Waals surface area contributed by atoms with Crippen molar-refractivity contribution in [3.05, 3.63) is 0 Å². The van der Waals surface area contributed by atoms with Gasteiger partial charge in [-0.1, -0.05) is 13.8 Å². The van der Waals surface area contributed by atoms with Gasteiger partial charge in [-0.25, -0.2) is 0 Å². The average Bonchev–Trinajstić information content (AvgIpc) is 2.18. The number of rotatable bonds is 5. The topological polar surface area (TPSA) is 15.3 Å². The van der Waals surface area contributed by atoms with Crippen molar-refractivity contribution in [2.75, 3.05) is 26.2 Å². The Hall–Kier alpha value is -0.0800. The van der Waals surface area contributed by atoms with Crippen molar-refractivity contribution in [3.63, 3.8) is 0 Å². The summed E-state index contributed by atoms with van der Waals surface area (Å²) in [5.41, 5.74) is 0.546. The lowest BCUT2D eigenvalue weighted by Gasteiger charge is -2.40. The van der Waals surface area contributed by atoms with Crippen molar-refractivity contribution >= 4 is 0 Å². The van der Waals surface area contributed by atoms with E-state index in [4.69, 9.17) is 0 Å². The van der Waals surface area contributed by atoms with Crippen LogP contribution < -0.4 is 5.32 Å². The fraction of sp³-hybridized carbons (Fsp3) is 1.00. The van der Waals surface area contributed by atoms with Gasteiger partial charge in [0.25, 0.3) is 0 Å². The lowest BCUT2D eigenvalue weighted by molar-refractivity contribution is 0.105. The molecule has 0 aromatic carbocycles. The van der Waals surface area contributed by atoms with Crippen molar-refractivity contribution in [1.82, 2.24) is 10.2 Å². The number of hydrogen-bond acceptors (Lipinski definition) is 2. The largest absolute Gasteiger partial charge is 0.317 e. The van der Waals surface area contributed by atoms with Crippen molar-refractivity contribution < 1.29 is 0 Å². The molecule has 0 bridgehead atoms. The van der Waals surface area contributed by atoms with Crippen LogP contribution in [0.4, 0.5) is 0 Å². The number of hydrogen-bond donors (Lipinski definition) is 1. The van der Waals surface area contributed by atoms with Crippen LogP contribution in [0.25, 0.3) is 0 Å². The molecular weight excluding hydrogens is 184 g/mol. The molecule has 0 aromatic rings. The fourth-order valence-corrected chi connectivity index (χ4v) is 2.49. The predicted molar refractivity (Wildman–Crippen MR) is 67.2 cm³/mol. The third kappa shape index (κ3) is 4.12. The molecule has 0 aliphatic carbocycles. The Morgan fingerprint density at radius 2 is 1.87 bits per heavy atom. The molecule has 15 heavy (non-hydrogen) atoms. The first kappa shape index (κ1) is 13.0. The van der Waals surface area contributed by atoms with E-state index in [1.165, 1.54) is 45.4 Å². The lowest BCUT2D eigenvalue weighted by Crippen LogP contribution is -2.45. The highest BCUT2D eigenvalue weighted by atomic mass is 15.2. The van der Waals surface area contributed by atoms with Crippen molar-refractivity contribution in [1.29, 1.82) is 0 Å². The van der Waals surface area contributed by atoms with Crippen LogP contribution in [0, 0.1) is 5.41 Å². The van der Waals surface area contributed by atoms with Gasteiger partial charge in [0, 0.05) is 12.6 Å². The zero-order chi connectivity index (χ0) is 11.3. The van der Waals surface area contributed by atoms with E-state index in [0.29, 0.717) is 11.5 Å². The van der Waals surface area contributed by atoms with E-state index in [1.54, 1.807) is 0 Å². The molecule has 0 radical (unpaired) electrons. The second-order valence-electron chi connectivity index (χ2n) is 5.62. The number of nitrogens with zero attached hydrogens (tertiary/aromatic N) is 1. The molecule has 0 unspecified atom stereocenters. The monoisotopic (exact) mass is 212 g/mol. The molecular formula is C13H28N2. The number of nitrogens with one attached hydrogen (secondary N) is 1. The molecule has 0 saturated carbocycles. The molecule has 0 atom stereocenters. The summed E-state index contributed by atoms with van der Waals surface area (Å²) < 4.78 is 0. The van der Waals surface area contributed by atoms with Crippen LogP contribution in [-0.2, 0) is 0 Å². The molecule has 1 heterocycles. The average molecular weight is 212 g/mol. The Morgan fingerprint density at radius 3 is 2.33 bits per heavy atom. The third-order valence-electron chi connectivity index (χ3n) is 3.64. The Bertz CT molecular complexity index is 171. The second-order valence-corrected chi connectivity index (χ2v) is 5.62. The summed E-state index contributed by atoms with van der Waals surface area (Å²) in [6.07, 6.45) is 3.94. The fourth-order valence-electron chi connectivity index (χ4n) is 2.49. The molecule has 1 saturated heterocycles. The lowest BCUT2D eigenvalue weighted by atomic mass is 9.80. The second kappa shape index (κ2) is 5.86. The molecule has 1 rings (SSSR count). The van der Waals surface area contributed by atoms with Crippen LogP contribution in [0.2, 0.25) is 0 Å². The Kier molecular flexibility index (Phi) is 5.07. The quantitative estimate of drug-likeness (QED) is 0.753. The minimum Gasteiger partial charge on any atom is -0.317 e. The van der Waals surface area contributed by atoms with Gasteiger partial charge in [0.05, 0.1) is 0 Å². The Balaban J connectivity index is 2.47. The minimum atomic E-state index is 0.546. The summed E-state index contributed by atoms with van der Waals surface area (Å²) in [4.78, 5) is 2.64. The summed E-state index contributed by atoms with van der Waals surface area (Å²) in [6, 6.07) is 0.691. The summed E-state index contributed by atoms with van der Waals surface area (Å²) in [6.45, 7) is 14.3. The third-order valence-corrected chi connectivity index (χ3v) is 3.64. The summed E-state index contributed by atoms with van der Waals surface area (Å²) in [5, 5.41) is 3.46. The molecule has 1 N–H and O–H groups in total. The zero-order valence-electron chi connectivity index (χ0n) is 11.0. The van der Waals surface area contributed by atoms with Gasteiger partial charge in [-0.3, -0.25) is 0 Å². The van der Waals surface area contributed by atoms with Gasteiger partial charge in [0.2, 0.25) is 0 Å². The van der Waals surface area contributed by atoms with Crippen molar-refractivity contribution in [2.24, 2.45) is 5.41 Å². The summed E-state index contributed by atoms with van der Waals surface area (Å²) in [7, 11) is 0. The molecule has 1 aliphatic rings. The molecule has 2 heteroatoms. The maximum absolute atomic E-state index is 3.46. The first-order valence-corrected chi connectivity index (χ1v) is 6.52. The van der Waals surface area contributed by atoms with Gasteiger partial charge in [0.1, 0.15) is 0 Å². The van der Waals surface area contributed by atoms with Crippen LogP contribution in [0.5, 0.6) is 0 Å². The zero-order valence-corrected chi connectivity index (χ0v) is 11.0. The predicted octanol–water partition coefficient (Wildman–Crippen LogP) is 2.50. The van der Waals surface area contributed by atoms with Crippen LogP contribution >= 0.6 is 0 Å². The maximum atomic E-state index is 3.46. The van der Waals surface area contributed by atoms with Gasteiger partial charge >= 0.3 is 0 Å². The number of piperidine rings is 1. The van der Waals surface area contributed by atoms with Crippen LogP contribution in [0.3, 0.4) is 0 Å². The molecule has 1 fully saturated rings. The van der Waals surface area contributed by atoms with Crippen molar-refractivity contribution in [2.45, 2.75) is 53.0 Å². The molecule has 0 amide bonds. The van der Waals surface area contributed by atoms with E-state index < -0.39 is 0 Å². The van der Waals surface area contributed by atoms with E-state index >= 15 is 0 Å². The highest BCUT2D eigenvalue weighted by Gasteiger charge is 2.29. The van der Waals surface area contributed by atoms with Gasteiger partial charge in [0.15, 0.2) is 0 Å². The van der Waals surface area contributed by atoms with Gasteiger partial charge < -0.3 is 10.2 Å². The first-order valence-electron chi connectivity index (χ1n) is 6.52. The van der Waals surface area contributed by atoms with Gasteiger partial charge in [-0.2, -0.15) is 0 Å². The van der Waals surface area contributed by atoms with Crippen LogP contribution in [0.1, 0.15) is 47.0 Å². The van der Waals surface area contributed by atoms with Gasteiger partial charge in [-0.05, 0) is 58.2 Å². The SMILES string of the molecule is CCCN(CC1(C)CCNCC1)C(C)C. The van der Waals surface area contributed by atoms with E-state index in [0.717, 1.165) is 0 Å². The van der Waals surface area contributed by atoms with Crippen LogP contribution in [0.15, 0.2) is 0 Å². The molecule has 90 valence electrons.